The predicted octanol–water partition coefficient (Wildman–Crippen LogP) is 1.71. The number of halogens is 4. The molecule has 2 atom stereocenters. The third-order valence-electron chi connectivity index (χ3n) is 4.94. The van der Waals surface area contributed by atoms with Crippen LogP contribution in [0.1, 0.15) is 25.0 Å². The van der Waals surface area contributed by atoms with Crippen LogP contribution in [0.25, 0.3) is 5.57 Å². The van der Waals surface area contributed by atoms with Crippen LogP contribution in [0.5, 0.6) is 0 Å². The number of carbonyl (C=O) groups excluding carboxylic acids is 2. The van der Waals surface area contributed by atoms with E-state index in [9.17, 15) is 32.3 Å². The van der Waals surface area contributed by atoms with E-state index in [0.29, 0.717) is 0 Å². The molecule has 0 aromatic heterocycles. The van der Waals surface area contributed by atoms with Crippen molar-refractivity contribution in [2.75, 3.05) is 26.9 Å². The molecule has 1 unspecified atom stereocenters. The van der Waals surface area contributed by atoms with Gasteiger partial charge < -0.3 is 31.5 Å². The number of methoxy groups -OCH3 is 1. The Labute approximate surface area is 200 Å². The summed E-state index contributed by atoms with van der Waals surface area (Å²) in [6.45, 7) is -1.15. The zero-order valence-electron chi connectivity index (χ0n) is 19.7. The molecule has 2 amide bonds. The summed E-state index contributed by atoms with van der Waals surface area (Å²) in [5.74, 6) is -1.34. The van der Waals surface area contributed by atoms with Gasteiger partial charge in [-0.05, 0) is 11.6 Å². The predicted molar refractivity (Wildman–Crippen MR) is 123 cm³/mol. The second-order valence-corrected chi connectivity index (χ2v) is 8.21. The van der Waals surface area contributed by atoms with Gasteiger partial charge in [-0.25, -0.2) is 14.2 Å². The minimum Gasteiger partial charge on any atom is -0.453 e. The fourth-order valence-corrected chi connectivity index (χ4v) is 2.86. The van der Waals surface area contributed by atoms with E-state index in [2.05, 4.69) is 25.7 Å². The number of allylic oxidation sites excluding steroid dienone is 1. The highest BCUT2D eigenvalue weighted by Crippen LogP contribution is 2.22. The van der Waals surface area contributed by atoms with Gasteiger partial charge in [-0.1, -0.05) is 26.0 Å². The van der Waals surface area contributed by atoms with Gasteiger partial charge in [0, 0.05) is 48.6 Å². The number of rotatable bonds is 13. The van der Waals surface area contributed by atoms with E-state index in [1.165, 1.54) is 26.0 Å². The highest BCUT2D eigenvalue weighted by atomic mass is 19.3. The molecule has 0 aliphatic rings. The Hall–Kier alpha value is -3.19. The van der Waals surface area contributed by atoms with E-state index in [1.54, 1.807) is 0 Å². The van der Waals surface area contributed by atoms with Crippen LogP contribution in [0.15, 0.2) is 29.4 Å². The fraction of sp³-hybridized carbons (Fsp3) is 0.500. The van der Waals surface area contributed by atoms with Crippen LogP contribution < -0.4 is 21.7 Å². The lowest BCUT2D eigenvalue weighted by Crippen LogP contribution is -2.56. The molecule has 0 spiro atoms. The Kier molecular flexibility index (Phi) is 12.2. The van der Waals surface area contributed by atoms with Crippen LogP contribution in [0.2, 0.25) is 0 Å². The van der Waals surface area contributed by atoms with Crippen LogP contribution in [0, 0.1) is 11.2 Å². The van der Waals surface area contributed by atoms with Gasteiger partial charge in [0.2, 0.25) is 5.91 Å². The summed E-state index contributed by atoms with van der Waals surface area (Å²) in [6, 6.07) is 2.78. The molecule has 1 rings (SSSR count). The van der Waals surface area contributed by atoms with Crippen molar-refractivity contribution < 1.29 is 37.0 Å². The molecule has 0 saturated carbocycles. The van der Waals surface area contributed by atoms with Crippen LogP contribution in [-0.2, 0) is 16.1 Å². The number of carbonyl (C=O) groups is 2. The topological polar surface area (TPSA) is 138 Å². The summed E-state index contributed by atoms with van der Waals surface area (Å²) >= 11 is 0. The van der Waals surface area contributed by atoms with Gasteiger partial charge in [-0.2, -0.15) is 8.78 Å². The molecule has 0 fully saturated rings. The summed E-state index contributed by atoms with van der Waals surface area (Å²) in [5, 5.41) is 17.6. The number of nitrogens with one attached hydrogen (secondary N) is 3. The third kappa shape index (κ3) is 9.91. The maximum absolute atomic E-state index is 14.4. The summed E-state index contributed by atoms with van der Waals surface area (Å²) in [5.41, 5.74) is 4.77. The highest BCUT2D eigenvalue weighted by Gasteiger charge is 2.37. The van der Waals surface area contributed by atoms with Crippen molar-refractivity contribution in [3.63, 3.8) is 0 Å². The Balaban J connectivity index is 2.63. The molecule has 0 radical (unpaired) electrons. The lowest BCUT2D eigenvalue weighted by molar-refractivity contribution is -0.126. The maximum atomic E-state index is 14.4. The van der Waals surface area contributed by atoms with Gasteiger partial charge in [0.15, 0.2) is 0 Å². The van der Waals surface area contributed by atoms with Gasteiger partial charge >= 0.3 is 12.6 Å². The average Bonchev–Trinajstić information content (AvgIpc) is 2.82. The molecule has 0 aliphatic heterocycles. The summed E-state index contributed by atoms with van der Waals surface area (Å²) in [7, 11) is 1.11. The summed E-state index contributed by atoms with van der Waals surface area (Å²) in [4.78, 5) is 26.9. The number of alkyl halides is 3. The van der Waals surface area contributed by atoms with E-state index < -0.39 is 48.6 Å². The second kappa shape index (κ2) is 14.3. The first-order chi connectivity index (χ1) is 16.4. The lowest BCUT2D eigenvalue weighted by Gasteiger charge is -2.31. The number of hydrogen-bond acceptors (Lipinski definition) is 7. The molecular formula is C22H31F4N5O4. The molecule has 13 heteroatoms. The SMILES string of the molecule is COC(=O)NC(C(=O)NC[C@@H](O)CNCc1ccc(C(C=NC(F)F)=CN)cc1F)C(C)(C)CF. The van der Waals surface area contributed by atoms with Crippen molar-refractivity contribution >= 4 is 23.8 Å². The molecule has 6 N–H and O–H groups in total. The van der Waals surface area contributed by atoms with Gasteiger partial charge in [0.05, 0.1) is 19.9 Å². The Morgan fingerprint density at radius 2 is 1.97 bits per heavy atom. The molecule has 1 aromatic carbocycles. The molecule has 0 bridgehead atoms. The molecule has 196 valence electrons. The number of amides is 2. The molecule has 0 saturated heterocycles. The number of nitrogens with zero attached hydrogens (tertiary/aromatic N) is 1. The van der Waals surface area contributed by atoms with Crippen LogP contribution in [0.4, 0.5) is 22.4 Å². The van der Waals surface area contributed by atoms with Crippen LogP contribution in [0.3, 0.4) is 0 Å². The van der Waals surface area contributed by atoms with Crippen molar-refractivity contribution in [2.24, 2.45) is 16.1 Å². The number of benzene rings is 1. The Morgan fingerprint density at radius 3 is 2.51 bits per heavy atom. The van der Waals surface area contributed by atoms with Crippen molar-refractivity contribution in [3.05, 3.63) is 41.3 Å². The van der Waals surface area contributed by atoms with Gasteiger partial charge in [-0.15, -0.1) is 0 Å². The molecule has 1 aromatic rings. The molecular weight excluding hydrogens is 474 g/mol. The highest BCUT2D eigenvalue weighted by molar-refractivity contribution is 6.09. The first kappa shape index (κ1) is 29.8. The van der Waals surface area contributed by atoms with Gasteiger partial charge in [-0.3, -0.25) is 9.18 Å². The van der Waals surface area contributed by atoms with Crippen LogP contribution >= 0.6 is 0 Å². The first-order valence-corrected chi connectivity index (χ1v) is 10.5. The van der Waals surface area contributed by atoms with Crippen molar-refractivity contribution in [1.82, 2.24) is 16.0 Å². The fourth-order valence-electron chi connectivity index (χ4n) is 2.86. The normalized spacial score (nSPS) is 14.1. The van der Waals surface area contributed by atoms with E-state index in [4.69, 9.17) is 5.73 Å². The first-order valence-electron chi connectivity index (χ1n) is 10.5. The number of ether oxygens (including phenoxy) is 1. The Bertz CT molecular complexity index is 912. The Morgan fingerprint density at radius 1 is 1.29 bits per heavy atom. The maximum Gasteiger partial charge on any atom is 0.407 e. The number of hydrogen-bond donors (Lipinski definition) is 5. The van der Waals surface area contributed by atoms with E-state index in [1.807, 2.05) is 0 Å². The van der Waals surface area contributed by atoms with E-state index in [0.717, 1.165) is 25.6 Å². The summed E-state index contributed by atoms with van der Waals surface area (Å²) < 4.78 is 56.7. The van der Waals surface area contributed by atoms with E-state index >= 15 is 0 Å². The average molecular weight is 506 g/mol. The van der Waals surface area contributed by atoms with E-state index in [-0.39, 0.29) is 36.3 Å². The zero-order valence-corrected chi connectivity index (χ0v) is 19.7. The number of aliphatic hydroxyl groups excluding tert-OH is 1. The number of aliphatic imine (C=N–C) groups is 1. The second-order valence-electron chi connectivity index (χ2n) is 8.21. The molecule has 0 aliphatic carbocycles. The molecule has 9 nitrogen and oxygen atoms in total. The van der Waals surface area contributed by atoms with Gasteiger partial charge in [0.1, 0.15) is 11.9 Å². The standard InChI is InChI=1S/C22H31F4N5O4/c1-22(2,12-23)18(31-21(34)35-3)19(33)29-11-16(32)10-28-8-14-5-4-13(6-17(14)24)15(7-27)9-30-20(25)26/h4-7,9,16,18,20,28,32H,8,10-12,27H2,1-3H3,(H,29,33)(H,31,34)/t16-,18?/m0/s1. The molecule has 0 heterocycles. The monoisotopic (exact) mass is 505 g/mol. The quantitative estimate of drug-likeness (QED) is 0.157. The van der Waals surface area contributed by atoms with Crippen molar-refractivity contribution in [3.8, 4) is 0 Å². The number of alkyl carbamates (subject to hydrolysis) is 1. The number of nitrogens with two attached hydrogens (primary N) is 1. The smallest absolute Gasteiger partial charge is 0.407 e. The van der Waals surface area contributed by atoms with Crippen molar-refractivity contribution in [2.45, 2.75) is 39.1 Å². The molecule has 35 heavy (non-hydrogen) atoms. The largest absolute Gasteiger partial charge is 0.453 e. The van der Waals surface area contributed by atoms with Gasteiger partial charge in [0.25, 0.3) is 0 Å². The number of aliphatic hydroxyl groups is 1. The minimum atomic E-state index is -2.92. The third-order valence-corrected chi connectivity index (χ3v) is 4.94. The van der Waals surface area contributed by atoms with Crippen molar-refractivity contribution in [1.29, 1.82) is 0 Å². The minimum absolute atomic E-state index is 0.0192. The lowest BCUT2D eigenvalue weighted by atomic mass is 9.85. The zero-order chi connectivity index (χ0) is 26.6. The van der Waals surface area contributed by atoms with Crippen LogP contribution in [-0.4, -0.2) is 68.9 Å². The summed E-state index contributed by atoms with van der Waals surface area (Å²) in [6.07, 6.45) is -0.103.